The van der Waals surface area contributed by atoms with Crippen molar-refractivity contribution in [3.05, 3.63) is 58.6 Å². The first kappa shape index (κ1) is 17.6. The van der Waals surface area contributed by atoms with Crippen LogP contribution in [0.1, 0.15) is 42.8 Å². The number of anilines is 1. The minimum absolute atomic E-state index is 0.0113. The number of carbonyl (C=O) groups is 1. The van der Waals surface area contributed by atoms with E-state index in [4.69, 9.17) is 0 Å². The summed E-state index contributed by atoms with van der Waals surface area (Å²) in [6.45, 7) is 8.37. The van der Waals surface area contributed by atoms with Gasteiger partial charge in [0.15, 0.2) is 0 Å². The van der Waals surface area contributed by atoms with Crippen LogP contribution in [0, 0.1) is 12.8 Å². The molecule has 3 aromatic rings. The fourth-order valence-electron chi connectivity index (χ4n) is 2.93. The second-order valence-electron chi connectivity index (χ2n) is 6.97. The van der Waals surface area contributed by atoms with Crippen LogP contribution in [-0.2, 0) is 11.2 Å². The van der Waals surface area contributed by atoms with Crippen molar-refractivity contribution < 1.29 is 4.79 Å². The largest absolute Gasteiger partial charge is 0.326 e. The highest BCUT2D eigenvalue weighted by molar-refractivity contribution is 7.18. The lowest BCUT2D eigenvalue weighted by atomic mass is 9.96. The molecule has 25 heavy (non-hydrogen) atoms. The SMILES string of the molecule is Cc1nc2ccc(NC(=O)[C@H](C)c3ccc(CC(C)C)cc3)cc2s1. The van der Waals surface area contributed by atoms with Gasteiger partial charge >= 0.3 is 0 Å². The van der Waals surface area contributed by atoms with Gasteiger partial charge in [-0.1, -0.05) is 38.1 Å². The van der Waals surface area contributed by atoms with E-state index < -0.39 is 0 Å². The standard InChI is InChI=1S/C21H24N2OS/c1-13(2)11-16-5-7-17(8-6-16)14(3)21(24)23-18-9-10-19-20(12-18)25-15(4)22-19/h5-10,12-14H,11H2,1-4H3,(H,23,24)/t14-/m1/s1. The zero-order valence-electron chi connectivity index (χ0n) is 15.2. The molecule has 1 amide bonds. The first-order chi connectivity index (χ1) is 11.9. The van der Waals surface area contributed by atoms with E-state index in [1.807, 2.05) is 32.0 Å². The Hall–Kier alpha value is -2.20. The van der Waals surface area contributed by atoms with Crippen molar-refractivity contribution in [3.63, 3.8) is 0 Å². The number of nitrogens with one attached hydrogen (secondary N) is 1. The number of rotatable bonds is 5. The lowest BCUT2D eigenvalue weighted by Gasteiger charge is -2.14. The average Bonchev–Trinajstić information content (AvgIpc) is 2.93. The van der Waals surface area contributed by atoms with Gasteiger partial charge in [0.2, 0.25) is 5.91 Å². The normalized spacial score (nSPS) is 12.5. The first-order valence-corrected chi connectivity index (χ1v) is 9.51. The lowest BCUT2D eigenvalue weighted by molar-refractivity contribution is -0.117. The molecule has 3 rings (SSSR count). The number of aryl methyl sites for hydroxylation is 1. The van der Waals surface area contributed by atoms with Gasteiger partial charge in [-0.15, -0.1) is 11.3 Å². The van der Waals surface area contributed by atoms with Crippen molar-refractivity contribution in [2.45, 2.75) is 40.0 Å². The van der Waals surface area contributed by atoms with Gasteiger partial charge in [-0.3, -0.25) is 4.79 Å². The molecule has 1 N–H and O–H groups in total. The number of fused-ring (bicyclic) bond motifs is 1. The summed E-state index contributed by atoms with van der Waals surface area (Å²) < 4.78 is 1.10. The molecular formula is C21H24N2OS. The maximum Gasteiger partial charge on any atom is 0.231 e. The van der Waals surface area contributed by atoms with E-state index in [2.05, 4.69) is 48.4 Å². The van der Waals surface area contributed by atoms with Crippen molar-refractivity contribution in [2.75, 3.05) is 5.32 Å². The maximum atomic E-state index is 12.6. The van der Waals surface area contributed by atoms with Gasteiger partial charge in [0, 0.05) is 5.69 Å². The molecule has 0 fully saturated rings. The summed E-state index contributed by atoms with van der Waals surface area (Å²) in [5.41, 5.74) is 4.16. The molecule has 2 aromatic carbocycles. The Kier molecular flexibility index (Phi) is 5.19. The highest BCUT2D eigenvalue weighted by Crippen LogP contribution is 2.26. The van der Waals surface area contributed by atoms with E-state index in [-0.39, 0.29) is 11.8 Å². The number of aromatic nitrogens is 1. The van der Waals surface area contributed by atoms with E-state index in [0.29, 0.717) is 5.92 Å². The Morgan fingerprint density at radius 1 is 1.12 bits per heavy atom. The number of carbonyl (C=O) groups excluding carboxylic acids is 1. The molecule has 130 valence electrons. The smallest absolute Gasteiger partial charge is 0.231 e. The predicted octanol–water partition coefficient (Wildman–Crippen LogP) is 5.55. The van der Waals surface area contributed by atoms with Crippen molar-refractivity contribution >= 4 is 33.1 Å². The molecule has 0 spiro atoms. The summed E-state index contributed by atoms with van der Waals surface area (Å²) in [5.74, 6) is 0.459. The topological polar surface area (TPSA) is 42.0 Å². The Morgan fingerprint density at radius 3 is 2.52 bits per heavy atom. The Bertz CT molecular complexity index is 881. The number of thiazole rings is 1. The first-order valence-electron chi connectivity index (χ1n) is 8.69. The molecule has 0 saturated heterocycles. The molecule has 0 saturated carbocycles. The van der Waals surface area contributed by atoms with Gasteiger partial charge in [-0.05, 0) is 55.5 Å². The molecule has 0 radical (unpaired) electrons. The summed E-state index contributed by atoms with van der Waals surface area (Å²) in [6.07, 6.45) is 1.06. The zero-order chi connectivity index (χ0) is 18.0. The van der Waals surface area contributed by atoms with Gasteiger partial charge in [-0.2, -0.15) is 0 Å². The second kappa shape index (κ2) is 7.36. The monoisotopic (exact) mass is 352 g/mol. The van der Waals surface area contributed by atoms with E-state index in [1.165, 1.54) is 5.56 Å². The van der Waals surface area contributed by atoms with Gasteiger partial charge in [0.25, 0.3) is 0 Å². The number of nitrogens with zero attached hydrogens (tertiary/aromatic N) is 1. The molecule has 3 nitrogen and oxygen atoms in total. The summed E-state index contributed by atoms with van der Waals surface area (Å²) in [7, 11) is 0. The number of hydrogen-bond acceptors (Lipinski definition) is 3. The summed E-state index contributed by atoms with van der Waals surface area (Å²) >= 11 is 1.64. The van der Waals surface area contributed by atoms with E-state index in [1.54, 1.807) is 11.3 Å². The third-order valence-corrected chi connectivity index (χ3v) is 5.21. The van der Waals surface area contributed by atoms with Crippen molar-refractivity contribution in [3.8, 4) is 0 Å². The minimum Gasteiger partial charge on any atom is -0.326 e. The van der Waals surface area contributed by atoms with Crippen LogP contribution >= 0.6 is 11.3 Å². The summed E-state index contributed by atoms with van der Waals surface area (Å²) in [4.78, 5) is 17.0. The third-order valence-electron chi connectivity index (χ3n) is 4.28. The van der Waals surface area contributed by atoms with Crippen molar-refractivity contribution in [1.82, 2.24) is 4.98 Å². The molecule has 1 atom stereocenters. The molecule has 0 unspecified atom stereocenters. The number of hydrogen-bond donors (Lipinski definition) is 1. The van der Waals surface area contributed by atoms with Crippen LogP contribution in [0.4, 0.5) is 5.69 Å². The predicted molar refractivity (Wildman–Crippen MR) is 106 cm³/mol. The fraction of sp³-hybridized carbons (Fsp3) is 0.333. The molecule has 0 aliphatic rings. The van der Waals surface area contributed by atoms with Crippen LogP contribution in [0.15, 0.2) is 42.5 Å². The summed E-state index contributed by atoms with van der Waals surface area (Å²) in [5, 5.41) is 4.06. The Labute approximate surface area is 153 Å². The van der Waals surface area contributed by atoms with Crippen LogP contribution in [0.2, 0.25) is 0 Å². The number of amides is 1. The van der Waals surface area contributed by atoms with Crippen LogP contribution in [0.3, 0.4) is 0 Å². The lowest BCUT2D eigenvalue weighted by Crippen LogP contribution is -2.18. The van der Waals surface area contributed by atoms with E-state index in [0.717, 1.165) is 32.9 Å². The minimum atomic E-state index is -0.188. The molecule has 4 heteroatoms. The van der Waals surface area contributed by atoms with E-state index >= 15 is 0 Å². The second-order valence-corrected chi connectivity index (χ2v) is 8.20. The van der Waals surface area contributed by atoms with Crippen LogP contribution in [0.5, 0.6) is 0 Å². The van der Waals surface area contributed by atoms with Crippen LogP contribution in [-0.4, -0.2) is 10.9 Å². The van der Waals surface area contributed by atoms with Crippen molar-refractivity contribution in [2.24, 2.45) is 5.92 Å². The van der Waals surface area contributed by atoms with Crippen LogP contribution in [0.25, 0.3) is 10.2 Å². The quantitative estimate of drug-likeness (QED) is 0.654. The molecule has 1 aromatic heterocycles. The van der Waals surface area contributed by atoms with E-state index in [9.17, 15) is 4.79 Å². The summed E-state index contributed by atoms with van der Waals surface area (Å²) in [6, 6.07) is 14.3. The van der Waals surface area contributed by atoms with Crippen LogP contribution < -0.4 is 5.32 Å². The van der Waals surface area contributed by atoms with Gasteiger partial charge in [0.05, 0.1) is 21.1 Å². The fourth-order valence-corrected chi connectivity index (χ4v) is 3.80. The number of benzene rings is 2. The Morgan fingerprint density at radius 2 is 1.84 bits per heavy atom. The Balaban J connectivity index is 1.70. The average molecular weight is 353 g/mol. The molecule has 0 bridgehead atoms. The third kappa shape index (κ3) is 4.26. The zero-order valence-corrected chi connectivity index (χ0v) is 16.0. The molecule has 0 aliphatic heterocycles. The molecule has 0 aliphatic carbocycles. The molecule has 1 heterocycles. The van der Waals surface area contributed by atoms with Gasteiger partial charge in [0.1, 0.15) is 0 Å². The van der Waals surface area contributed by atoms with Crippen molar-refractivity contribution in [1.29, 1.82) is 0 Å². The molecular weight excluding hydrogens is 328 g/mol. The highest BCUT2D eigenvalue weighted by atomic mass is 32.1. The van der Waals surface area contributed by atoms with Gasteiger partial charge in [-0.25, -0.2) is 4.98 Å². The van der Waals surface area contributed by atoms with Gasteiger partial charge < -0.3 is 5.32 Å². The highest BCUT2D eigenvalue weighted by Gasteiger charge is 2.16. The maximum absolute atomic E-state index is 12.6.